The van der Waals surface area contributed by atoms with Gasteiger partial charge in [0, 0.05) is 18.4 Å². The Hall–Kier alpha value is -1.10. The Kier molecular flexibility index (Phi) is 3.44. The van der Waals surface area contributed by atoms with Crippen molar-refractivity contribution in [2.24, 2.45) is 23.7 Å². The molecule has 122 valence electrons. The van der Waals surface area contributed by atoms with Gasteiger partial charge in [0.15, 0.2) is 0 Å². The average molecular weight is 306 g/mol. The van der Waals surface area contributed by atoms with Crippen molar-refractivity contribution in [1.82, 2.24) is 10.2 Å². The van der Waals surface area contributed by atoms with E-state index in [2.05, 4.69) is 12.2 Å². The van der Waals surface area contributed by atoms with Crippen molar-refractivity contribution in [2.45, 2.75) is 44.6 Å². The fourth-order valence-electron chi connectivity index (χ4n) is 3.77. The molecule has 22 heavy (non-hydrogen) atoms. The molecule has 4 fully saturated rings. The summed E-state index contributed by atoms with van der Waals surface area (Å²) >= 11 is 0. The summed E-state index contributed by atoms with van der Waals surface area (Å²) in [5, 5.41) is 3.05. The largest absolute Gasteiger partial charge is 0.371 e. The fourth-order valence-corrected chi connectivity index (χ4v) is 3.77. The van der Waals surface area contributed by atoms with E-state index in [0.29, 0.717) is 24.3 Å². The van der Waals surface area contributed by atoms with E-state index in [1.54, 1.807) is 0 Å². The van der Waals surface area contributed by atoms with Crippen LogP contribution in [0.4, 0.5) is 0 Å². The number of hydrogen-bond donors (Lipinski definition) is 1. The summed E-state index contributed by atoms with van der Waals surface area (Å²) in [6.45, 7) is 5.16. The highest BCUT2D eigenvalue weighted by Crippen LogP contribution is 2.43. The van der Waals surface area contributed by atoms with Crippen LogP contribution in [0, 0.1) is 23.7 Å². The third-order valence-corrected chi connectivity index (χ3v) is 5.84. The highest BCUT2D eigenvalue weighted by atomic mass is 16.5. The van der Waals surface area contributed by atoms with Gasteiger partial charge in [-0.3, -0.25) is 9.59 Å². The van der Waals surface area contributed by atoms with Crippen molar-refractivity contribution in [1.29, 1.82) is 0 Å². The van der Waals surface area contributed by atoms with Gasteiger partial charge in [0.2, 0.25) is 11.8 Å². The molecule has 5 heteroatoms. The first-order chi connectivity index (χ1) is 10.6. The molecule has 0 unspecified atom stereocenters. The Bertz CT molecular complexity index is 472. The fraction of sp³-hybridized carbons (Fsp3) is 0.882. The molecule has 1 N–H and O–H groups in total. The number of carbonyl (C=O) groups is 2. The van der Waals surface area contributed by atoms with Gasteiger partial charge in [0.1, 0.15) is 5.60 Å². The van der Waals surface area contributed by atoms with Crippen molar-refractivity contribution >= 4 is 11.8 Å². The molecule has 2 heterocycles. The van der Waals surface area contributed by atoms with E-state index in [-0.39, 0.29) is 23.3 Å². The van der Waals surface area contributed by atoms with Crippen molar-refractivity contribution in [3.63, 3.8) is 0 Å². The van der Waals surface area contributed by atoms with Crippen LogP contribution in [0.5, 0.6) is 0 Å². The molecule has 2 amide bonds. The van der Waals surface area contributed by atoms with Crippen molar-refractivity contribution in [2.75, 3.05) is 26.2 Å². The van der Waals surface area contributed by atoms with E-state index in [4.69, 9.17) is 4.74 Å². The highest BCUT2D eigenvalue weighted by molar-refractivity contribution is 5.82. The van der Waals surface area contributed by atoms with Crippen LogP contribution in [0.1, 0.15) is 39.0 Å². The molecule has 4 aliphatic rings. The maximum atomic E-state index is 12.2. The van der Waals surface area contributed by atoms with Crippen molar-refractivity contribution in [3.05, 3.63) is 0 Å². The number of rotatable bonds is 4. The zero-order chi connectivity index (χ0) is 15.3. The summed E-state index contributed by atoms with van der Waals surface area (Å²) in [6.07, 6.45) is 5.28. The van der Waals surface area contributed by atoms with E-state index < -0.39 is 0 Å². The lowest BCUT2D eigenvalue weighted by Gasteiger charge is -2.53. The predicted molar refractivity (Wildman–Crippen MR) is 81.0 cm³/mol. The molecular formula is C17H26N2O3. The second-order valence-corrected chi connectivity index (χ2v) is 7.93. The van der Waals surface area contributed by atoms with Gasteiger partial charge in [0.05, 0.1) is 19.7 Å². The lowest BCUT2D eigenvalue weighted by atomic mass is 9.82. The molecule has 4 rings (SSSR count). The standard InChI is InChI=1S/C17H26N2O3/c1-11-6-14(11)16(21)19-9-17(10-19)5-4-12(8-22-17)7-18-15(20)13-2-3-13/h11-14H,2-10H2,1H3,(H,18,20)/t11-,12-,14+/m1/s1. The van der Waals surface area contributed by atoms with E-state index in [1.165, 1.54) is 0 Å². The van der Waals surface area contributed by atoms with Crippen LogP contribution in [0.3, 0.4) is 0 Å². The van der Waals surface area contributed by atoms with Gasteiger partial charge in [-0.1, -0.05) is 6.92 Å². The van der Waals surface area contributed by atoms with Crippen molar-refractivity contribution < 1.29 is 14.3 Å². The second-order valence-electron chi connectivity index (χ2n) is 7.93. The van der Waals surface area contributed by atoms with Crippen LogP contribution < -0.4 is 5.32 Å². The van der Waals surface area contributed by atoms with E-state index in [9.17, 15) is 9.59 Å². The van der Waals surface area contributed by atoms with Crippen LogP contribution >= 0.6 is 0 Å². The number of nitrogens with one attached hydrogen (secondary N) is 1. The lowest BCUT2D eigenvalue weighted by Crippen LogP contribution is -2.66. The molecule has 3 atom stereocenters. The van der Waals surface area contributed by atoms with Crippen LogP contribution in [-0.2, 0) is 14.3 Å². The van der Waals surface area contributed by atoms with Crippen LogP contribution in [0.15, 0.2) is 0 Å². The minimum Gasteiger partial charge on any atom is -0.371 e. The summed E-state index contributed by atoms with van der Waals surface area (Å²) in [5.74, 6) is 2.13. The molecule has 1 spiro atoms. The topological polar surface area (TPSA) is 58.6 Å². The number of ether oxygens (including phenoxy) is 1. The Morgan fingerprint density at radius 1 is 1.27 bits per heavy atom. The van der Waals surface area contributed by atoms with Crippen LogP contribution in [0.2, 0.25) is 0 Å². The first kappa shape index (κ1) is 14.5. The normalized spacial score (nSPS) is 35.9. The first-order valence-electron chi connectivity index (χ1n) is 8.77. The zero-order valence-electron chi connectivity index (χ0n) is 13.3. The monoisotopic (exact) mass is 306 g/mol. The summed E-state index contributed by atoms with van der Waals surface area (Å²) in [4.78, 5) is 25.8. The molecule has 0 aromatic heterocycles. The summed E-state index contributed by atoms with van der Waals surface area (Å²) < 4.78 is 6.08. The number of amides is 2. The molecule has 0 aromatic rings. The highest BCUT2D eigenvalue weighted by Gasteiger charge is 2.52. The molecule has 0 radical (unpaired) electrons. The van der Waals surface area contributed by atoms with E-state index in [1.807, 2.05) is 4.90 Å². The predicted octanol–water partition coefficient (Wildman–Crippen LogP) is 1.18. The SMILES string of the molecule is C[C@@H]1C[C@@H]1C(=O)N1CC2(CC[C@H](CNC(=O)C3CC3)CO2)C1. The summed E-state index contributed by atoms with van der Waals surface area (Å²) in [6, 6.07) is 0. The molecule has 2 saturated heterocycles. The van der Waals surface area contributed by atoms with E-state index >= 15 is 0 Å². The first-order valence-corrected chi connectivity index (χ1v) is 8.77. The molecule has 0 aromatic carbocycles. The second kappa shape index (κ2) is 5.22. The average Bonchev–Trinajstić information content (AvgIpc) is 3.37. The van der Waals surface area contributed by atoms with Gasteiger partial charge in [-0.15, -0.1) is 0 Å². The minimum atomic E-state index is -0.0786. The summed E-state index contributed by atoms with van der Waals surface area (Å²) in [5.41, 5.74) is -0.0786. The van der Waals surface area contributed by atoms with Gasteiger partial charge in [-0.2, -0.15) is 0 Å². The third kappa shape index (κ3) is 2.75. The van der Waals surface area contributed by atoms with Crippen LogP contribution in [0.25, 0.3) is 0 Å². The molecule has 2 saturated carbocycles. The maximum absolute atomic E-state index is 12.2. The van der Waals surface area contributed by atoms with Gasteiger partial charge < -0.3 is 15.0 Å². The Balaban J connectivity index is 1.18. The number of carbonyl (C=O) groups excluding carboxylic acids is 2. The number of likely N-dealkylation sites (tertiary alicyclic amines) is 1. The van der Waals surface area contributed by atoms with E-state index in [0.717, 1.165) is 51.7 Å². The molecule has 5 nitrogen and oxygen atoms in total. The Labute approximate surface area is 131 Å². The molecule has 2 aliphatic carbocycles. The van der Waals surface area contributed by atoms with Crippen LogP contribution in [-0.4, -0.2) is 48.6 Å². The Morgan fingerprint density at radius 2 is 2.00 bits per heavy atom. The van der Waals surface area contributed by atoms with Gasteiger partial charge in [0.25, 0.3) is 0 Å². The zero-order valence-corrected chi connectivity index (χ0v) is 13.3. The quantitative estimate of drug-likeness (QED) is 0.848. The molecule has 0 bridgehead atoms. The lowest BCUT2D eigenvalue weighted by molar-refractivity contribution is -0.189. The third-order valence-electron chi connectivity index (χ3n) is 5.84. The number of nitrogens with zero attached hydrogens (tertiary/aromatic N) is 1. The van der Waals surface area contributed by atoms with Crippen molar-refractivity contribution in [3.8, 4) is 0 Å². The summed E-state index contributed by atoms with van der Waals surface area (Å²) in [7, 11) is 0. The van der Waals surface area contributed by atoms with Gasteiger partial charge in [-0.25, -0.2) is 0 Å². The number of hydrogen-bond acceptors (Lipinski definition) is 3. The molecular weight excluding hydrogens is 280 g/mol. The Morgan fingerprint density at radius 3 is 2.55 bits per heavy atom. The smallest absolute Gasteiger partial charge is 0.226 e. The van der Waals surface area contributed by atoms with Gasteiger partial charge in [-0.05, 0) is 43.9 Å². The maximum Gasteiger partial charge on any atom is 0.226 e. The molecule has 2 aliphatic heterocycles. The minimum absolute atomic E-state index is 0.0786. The van der Waals surface area contributed by atoms with Gasteiger partial charge >= 0.3 is 0 Å².